The molecule has 160 valence electrons. The molecular weight excluding hydrogens is 449 g/mol. The summed E-state index contributed by atoms with van der Waals surface area (Å²) in [6.07, 6.45) is 1.42. The number of hydrogen-bond donors (Lipinski definition) is 2. The lowest BCUT2D eigenvalue weighted by atomic mass is 10.1. The predicted molar refractivity (Wildman–Crippen MR) is 126 cm³/mol. The van der Waals surface area contributed by atoms with Crippen LogP contribution < -0.4 is 15.4 Å². The van der Waals surface area contributed by atoms with Crippen molar-refractivity contribution < 1.29 is 14.3 Å². The van der Waals surface area contributed by atoms with E-state index in [-0.39, 0.29) is 11.5 Å². The number of ether oxygens (including phenoxy) is 1. The second-order valence-corrected chi connectivity index (χ2v) is 7.35. The van der Waals surface area contributed by atoms with Gasteiger partial charge >= 0.3 is 0 Å². The SMILES string of the molecule is COc1ccc(NC(=O)/C(C#N)=C/c2cccc(NC(=O)c3ccccc3Cl)c2)cc1Cl. The van der Waals surface area contributed by atoms with Crippen molar-refractivity contribution >= 4 is 52.5 Å². The number of halogens is 2. The molecule has 3 aromatic carbocycles. The summed E-state index contributed by atoms with van der Waals surface area (Å²) in [5.41, 5.74) is 1.68. The number of nitrogens with zero attached hydrogens (tertiary/aromatic N) is 1. The smallest absolute Gasteiger partial charge is 0.266 e. The minimum atomic E-state index is -0.598. The van der Waals surface area contributed by atoms with Crippen LogP contribution in [0.1, 0.15) is 15.9 Å². The van der Waals surface area contributed by atoms with Crippen molar-refractivity contribution in [2.45, 2.75) is 0 Å². The molecule has 2 amide bonds. The summed E-state index contributed by atoms with van der Waals surface area (Å²) in [5.74, 6) is -0.498. The Morgan fingerprint density at radius 3 is 2.38 bits per heavy atom. The molecule has 0 aliphatic heterocycles. The Labute approximate surface area is 195 Å². The van der Waals surface area contributed by atoms with Crippen LogP contribution in [0.25, 0.3) is 6.08 Å². The Hall–Kier alpha value is -3.79. The van der Waals surface area contributed by atoms with Crippen molar-refractivity contribution in [3.63, 3.8) is 0 Å². The fraction of sp³-hybridized carbons (Fsp3) is 0.0417. The highest BCUT2D eigenvalue weighted by molar-refractivity contribution is 6.34. The summed E-state index contributed by atoms with van der Waals surface area (Å²) >= 11 is 12.1. The largest absolute Gasteiger partial charge is 0.495 e. The molecular formula is C24H17Cl2N3O3. The number of methoxy groups -OCH3 is 1. The molecule has 3 aromatic rings. The predicted octanol–water partition coefficient (Wildman–Crippen LogP) is 5.80. The lowest BCUT2D eigenvalue weighted by Gasteiger charge is -2.09. The third-order valence-corrected chi connectivity index (χ3v) is 4.97. The first kappa shape index (κ1) is 22.9. The molecule has 0 heterocycles. The molecule has 0 aliphatic carbocycles. The van der Waals surface area contributed by atoms with Crippen LogP contribution in [0.15, 0.2) is 72.3 Å². The van der Waals surface area contributed by atoms with E-state index in [9.17, 15) is 14.9 Å². The molecule has 0 fully saturated rings. The minimum Gasteiger partial charge on any atom is -0.495 e. The topological polar surface area (TPSA) is 91.2 Å². The van der Waals surface area contributed by atoms with Gasteiger partial charge in [-0.1, -0.05) is 47.5 Å². The molecule has 0 spiro atoms. The van der Waals surface area contributed by atoms with Crippen molar-refractivity contribution in [2.24, 2.45) is 0 Å². The van der Waals surface area contributed by atoms with E-state index in [0.717, 1.165) is 0 Å². The molecule has 0 saturated carbocycles. The monoisotopic (exact) mass is 465 g/mol. The standard InChI is InChI=1S/C24H17Cl2N3O3/c1-32-22-10-9-18(13-21(22)26)28-23(30)16(14-27)11-15-5-4-6-17(12-15)29-24(31)19-7-2-3-8-20(19)25/h2-13H,1H3,(H,28,30)(H,29,31)/b16-11+. The Morgan fingerprint density at radius 2 is 1.69 bits per heavy atom. The highest BCUT2D eigenvalue weighted by Crippen LogP contribution is 2.27. The van der Waals surface area contributed by atoms with E-state index < -0.39 is 5.91 Å². The highest BCUT2D eigenvalue weighted by atomic mass is 35.5. The van der Waals surface area contributed by atoms with Crippen LogP contribution in [0.2, 0.25) is 10.0 Å². The molecule has 32 heavy (non-hydrogen) atoms. The van der Waals surface area contributed by atoms with E-state index >= 15 is 0 Å². The Balaban J connectivity index is 1.76. The number of nitrogens with one attached hydrogen (secondary N) is 2. The first-order valence-electron chi connectivity index (χ1n) is 9.34. The average molecular weight is 466 g/mol. The van der Waals surface area contributed by atoms with Crippen LogP contribution in [-0.2, 0) is 4.79 Å². The summed E-state index contributed by atoms with van der Waals surface area (Å²) in [5, 5.41) is 15.5. The maximum Gasteiger partial charge on any atom is 0.266 e. The van der Waals surface area contributed by atoms with Gasteiger partial charge in [-0.2, -0.15) is 5.26 Å². The Bertz CT molecular complexity index is 1250. The van der Waals surface area contributed by atoms with Crippen molar-refractivity contribution in [2.75, 3.05) is 17.7 Å². The summed E-state index contributed by atoms with van der Waals surface area (Å²) in [6.45, 7) is 0. The summed E-state index contributed by atoms with van der Waals surface area (Å²) in [4.78, 5) is 25.0. The number of amides is 2. The maximum atomic E-state index is 12.5. The van der Waals surface area contributed by atoms with Gasteiger partial charge < -0.3 is 15.4 Å². The molecule has 0 radical (unpaired) electrons. The van der Waals surface area contributed by atoms with Gasteiger partial charge in [0.2, 0.25) is 0 Å². The average Bonchev–Trinajstić information content (AvgIpc) is 2.78. The van der Waals surface area contributed by atoms with Gasteiger partial charge in [-0.05, 0) is 54.1 Å². The molecule has 6 nitrogen and oxygen atoms in total. The summed E-state index contributed by atoms with van der Waals surface area (Å²) in [6, 6.07) is 20.1. The number of hydrogen-bond acceptors (Lipinski definition) is 4. The van der Waals surface area contributed by atoms with E-state index in [1.165, 1.54) is 19.3 Å². The fourth-order valence-corrected chi connectivity index (χ4v) is 3.29. The van der Waals surface area contributed by atoms with Gasteiger partial charge in [0.1, 0.15) is 17.4 Å². The lowest BCUT2D eigenvalue weighted by molar-refractivity contribution is -0.112. The zero-order valence-electron chi connectivity index (χ0n) is 16.9. The second kappa shape index (κ2) is 10.5. The third kappa shape index (κ3) is 5.67. The van der Waals surface area contributed by atoms with Gasteiger partial charge in [0.25, 0.3) is 11.8 Å². The molecule has 2 N–H and O–H groups in total. The highest BCUT2D eigenvalue weighted by Gasteiger charge is 2.12. The van der Waals surface area contributed by atoms with E-state index in [2.05, 4.69) is 10.6 Å². The minimum absolute atomic E-state index is 0.119. The number of carbonyl (C=O) groups excluding carboxylic acids is 2. The van der Waals surface area contributed by atoms with Crippen LogP contribution in [-0.4, -0.2) is 18.9 Å². The van der Waals surface area contributed by atoms with E-state index in [1.807, 2.05) is 6.07 Å². The quantitative estimate of drug-likeness (QED) is 0.355. The zero-order chi connectivity index (χ0) is 23.1. The number of nitriles is 1. The van der Waals surface area contributed by atoms with Gasteiger partial charge in [-0.25, -0.2) is 0 Å². The van der Waals surface area contributed by atoms with Crippen LogP contribution in [0.3, 0.4) is 0 Å². The van der Waals surface area contributed by atoms with Crippen molar-refractivity contribution in [1.82, 2.24) is 0 Å². The van der Waals surface area contributed by atoms with E-state index in [0.29, 0.717) is 38.3 Å². The van der Waals surface area contributed by atoms with Crippen LogP contribution in [0.4, 0.5) is 11.4 Å². The molecule has 0 aromatic heterocycles. The summed E-state index contributed by atoms with van der Waals surface area (Å²) < 4.78 is 5.08. The number of benzene rings is 3. The molecule has 3 rings (SSSR count). The van der Waals surface area contributed by atoms with Crippen LogP contribution in [0.5, 0.6) is 5.75 Å². The van der Waals surface area contributed by atoms with Gasteiger partial charge in [0.15, 0.2) is 0 Å². The first-order valence-corrected chi connectivity index (χ1v) is 10.1. The van der Waals surface area contributed by atoms with E-state index in [4.69, 9.17) is 27.9 Å². The third-order valence-electron chi connectivity index (χ3n) is 4.35. The number of carbonyl (C=O) groups is 2. The molecule has 0 saturated heterocycles. The Kier molecular flexibility index (Phi) is 7.50. The first-order chi connectivity index (χ1) is 15.4. The number of rotatable bonds is 6. The van der Waals surface area contributed by atoms with Gasteiger partial charge in [-0.15, -0.1) is 0 Å². The fourth-order valence-electron chi connectivity index (χ4n) is 2.81. The van der Waals surface area contributed by atoms with Gasteiger partial charge in [-0.3, -0.25) is 9.59 Å². The van der Waals surface area contributed by atoms with Crippen LogP contribution in [0, 0.1) is 11.3 Å². The van der Waals surface area contributed by atoms with Gasteiger partial charge in [0.05, 0.1) is 22.7 Å². The van der Waals surface area contributed by atoms with Gasteiger partial charge in [0, 0.05) is 11.4 Å². The van der Waals surface area contributed by atoms with Crippen molar-refractivity contribution in [3.8, 4) is 11.8 Å². The molecule has 0 atom stereocenters. The molecule has 0 bridgehead atoms. The zero-order valence-corrected chi connectivity index (χ0v) is 18.4. The lowest BCUT2D eigenvalue weighted by Crippen LogP contribution is -2.13. The number of anilines is 2. The normalized spacial score (nSPS) is 10.8. The van der Waals surface area contributed by atoms with Crippen molar-refractivity contribution in [1.29, 1.82) is 5.26 Å². The molecule has 8 heteroatoms. The maximum absolute atomic E-state index is 12.5. The molecule has 0 unspecified atom stereocenters. The van der Waals surface area contributed by atoms with Crippen molar-refractivity contribution in [3.05, 3.63) is 93.5 Å². The summed E-state index contributed by atoms with van der Waals surface area (Å²) in [7, 11) is 1.49. The Morgan fingerprint density at radius 1 is 0.938 bits per heavy atom. The second-order valence-electron chi connectivity index (χ2n) is 6.53. The van der Waals surface area contributed by atoms with Crippen LogP contribution >= 0.6 is 23.2 Å². The van der Waals surface area contributed by atoms with E-state index in [1.54, 1.807) is 60.7 Å². The molecule has 0 aliphatic rings.